The Hall–Kier alpha value is -1.99. The molecule has 3 aromatic rings. The Bertz CT molecular complexity index is 1030. The van der Waals surface area contributed by atoms with Gasteiger partial charge in [0.05, 0.1) is 15.2 Å². The summed E-state index contributed by atoms with van der Waals surface area (Å²) < 4.78 is 7.03. The summed E-state index contributed by atoms with van der Waals surface area (Å²) in [5.41, 5.74) is 4.03. The van der Waals surface area contributed by atoms with Gasteiger partial charge >= 0.3 is 0 Å². The summed E-state index contributed by atoms with van der Waals surface area (Å²) >= 11 is 1.69. The van der Waals surface area contributed by atoms with Gasteiger partial charge in [-0.2, -0.15) is 0 Å². The van der Waals surface area contributed by atoms with Gasteiger partial charge in [0, 0.05) is 44.8 Å². The predicted molar refractivity (Wildman–Crippen MR) is 126 cm³/mol. The normalized spacial score (nSPS) is 21.2. The molecule has 0 bridgehead atoms. The van der Waals surface area contributed by atoms with E-state index in [1.807, 2.05) is 25.1 Å². The number of fused-ring (bicyclic) bond motifs is 2. The summed E-state index contributed by atoms with van der Waals surface area (Å²) in [6, 6.07) is 15.5. The van der Waals surface area contributed by atoms with Crippen LogP contribution in [0.3, 0.4) is 0 Å². The molecule has 31 heavy (non-hydrogen) atoms. The lowest BCUT2D eigenvalue weighted by atomic mass is 9.86. The zero-order valence-electron chi connectivity index (χ0n) is 18.2. The minimum absolute atomic E-state index is 0.310. The van der Waals surface area contributed by atoms with Crippen molar-refractivity contribution in [3.8, 4) is 5.75 Å². The van der Waals surface area contributed by atoms with Gasteiger partial charge in [-0.3, -0.25) is 9.80 Å². The van der Waals surface area contributed by atoms with Gasteiger partial charge in [0.15, 0.2) is 0 Å². The van der Waals surface area contributed by atoms with Crippen LogP contribution in [-0.4, -0.2) is 65.3 Å². The number of aryl methyl sites for hydroxylation is 2. The van der Waals surface area contributed by atoms with Crippen molar-refractivity contribution in [1.82, 2.24) is 14.8 Å². The van der Waals surface area contributed by atoms with E-state index in [2.05, 4.69) is 39.0 Å². The molecule has 0 spiro atoms. The number of rotatable bonds is 6. The maximum absolute atomic E-state index is 10.5. The molecule has 0 saturated carbocycles. The summed E-state index contributed by atoms with van der Waals surface area (Å²) in [6.07, 6.45) is 3.27. The number of aliphatic hydroxyl groups is 1. The van der Waals surface area contributed by atoms with E-state index in [4.69, 9.17) is 4.74 Å². The lowest BCUT2D eigenvalue weighted by Gasteiger charge is -2.42. The van der Waals surface area contributed by atoms with E-state index in [1.165, 1.54) is 35.1 Å². The highest BCUT2D eigenvalue weighted by Crippen LogP contribution is 2.34. The topological polar surface area (TPSA) is 48.8 Å². The predicted octanol–water partition coefficient (Wildman–Crippen LogP) is 4.04. The fourth-order valence-electron chi connectivity index (χ4n) is 5.02. The van der Waals surface area contributed by atoms with E-state index in [0.29, 0.717) is 19.2 Å². The summed E-state index contributed by atoms with van der Waals surface area (Å²) in [7, 11) is 0. The standard InChI is InChI=1S/C25H31N3O2S/c1-18-26-23-15-21(9-10-25(23)31-18)30-17-20(29)16-27-11-13-28(14-12-27)24-8-4-6-19-5-2-3-7-22(19)24/h2-3,5,7,9-10,15,20,24,29H,4,6,8,11-14,16-17H2,1H3/t20-,24-/m1/s1. The minimum atomic E-state index is -0.491. The molecule has 2 aliphatic rings. The van der Waals surface area contributed by atoms with Gasteiger partial charge in [-0.25, -0.2) is 4.98 Å². The van der Waals surface area contributed by atoms with Crippen LogP contribution in [0.5, 0.6) is 5.75 Å². The quantitative estimate of drug-likeness (QED) is 0.631. The first-order valence-corrected chi connectivity index (χ1v) is 12.2. The highest BCUT2D eigenvalue weighted by Gasteiger charge is 2.29. The van der Waals surface area contributed by atoms with Gasteiger partial charge in [-0.15, -0.1) is 11.3 Å². The van der Waals surface area contributed by atoms with Crippen molar-refractivity contribution in [2.75, 3.05) is 39.3 Å². The molecule has 2 heterocycles. The molecule has 1 aliphatic carbocycles. The average molecular weight is 438 g/mol. The van der Waals surface area contributed by atoms with Crippen LogP contribution in [0.1, 0.15) is 35.0 Å². The van der Waals surface area contributed by atoms with E-state index in [1.54, 1.807) is 11.3 Å². The van der Waals surface area contributed by atoms with E-state index in [9.17, 15) is 5.11 Å². The Morgan fingerprint density at radius 2 is 2.00 bits per heavy atom. The van der Waals surface area contributed by atoms with Crippen molar-refractivity contribution in [3.05, 3.63) is 58.6 Å². The first-order valence-electron chi connectivity index (χ1n) is 11.4. The zero-order valence-corrected chi connectivity index (χ0v) is 19.0. The van der Waals surface area contributed by atoms with Crippen molar-refractivity contribution in [1.29, 1.82) is 0 Å². The number of hydrogen-bond acceptors (Lipinski definition) is 6. The van der Waals surface area contributed by atoms with Crippen LogP contribution in [0.4, 0.5) is 0 Å². The first kappa shape index (κ1) is 20.9. The van der Waals surface area contributed by atoms with Crippen LogP contribution in [-0.2, 0) is 6.42 Å². The number of ether oxygens (including phenoxy) is 1. The van der Waals surface area contributed by atoms with Gasteiger partial charge in [-0.05, 0) is 49.4 Å². The molecule has 0 amide bonds. The first-order chi connectivity index (χ1) is 15.2. The third-order valence-electron chi connectivity index (χ3n) is 6.56. The van der Waals surface area contributed by atoms with Crippen LogP contribution in [0.25, 0.3) is 10.2 Å². The summed E-state index contributed by atoms with van der Waals surface area (Å²) in [5.74, 6) is 0.776. The van der Waals surface area contributed by atoms with Gasteiger partial charge in [0.1, 0.15) is 18.5 Å². The Morgan fingerprint density at radius 3 is 2.87 bits per heavy atom. The van der Waals surface area contributed by atoms with E-state index >= 15 is 0 Å². The molecule has 2 aromatic carbocycles. The van der Waals surface area contributed by atoms with E-state index in [-0.39, 0.29) is 0 Å². The number of nitrogens with zero attached hydrogens (tertiary/aromatic N) is 3. The highest BCUT2D eigenvalue weighted by atomic mass is 32.1. The molecule has 1 aliphatic heterocycles. The highest BCUT2D eigenvalue weighted by molar-refractivity contribution is 7.18. The molecule has 6 heteroatoms. The van der Waals surface area contributed by atoms with Gasteiger partial charge in [-0.1, -0.05) is 24.3 Å². The van der Waals surface area contributed by atoms with E-state index < -0.39 is 6.10 Å². The molecule has 164 valence electrons. The molecule has 1 saturated heterocycles. The number of benzene rings is 2. The monoisotopic (exact) mass is 437 g/mol. The van der Waals surface area contributed by atoms with Crippen molar-refractivity contribution in [3.63, 3.8) is 0 Å². The van der Waals surface area contributed by atoms with Crippen LogP contribution < -0.4 is 4.74 Å². The number of β-amino-alcohol motifs (C(OH)–C–C–N with tert-alkyl or cyclic N) is 1. The second-order valence-electron chi connectivity index (χ2n) is 8.77. The van der Waals surface area contributed by atoms with Crippen molar-refractivity contribution in [2.24, 2.45) is 0 Å². The third-order valence-corrected chi connectivity index (χ3v) is 7.51. The van der Waals surface area contributed by atoms with Crippen LogP contribution in [0, 0.1) is 6.92 Å². The fourth-order valence-corrected chi connectivity index (χ4v) is 5.83. The lowest BCUT2D eigenvalue weighted by Crippen LogP contribution is -2.50. The molecule has 0 unspecified atom stereocenters. The molecular weight excluding hydrogens is 406 g/mol. The Kier molecular flexibility index (Phi) is 6.23. The number of aromatic nitrogens is 1. The van der Waals surface area contributed by atoms with Gasteiger partial charge < -0.3 is 9.84 Å². The third kappa shape index (κ3) is 4.77. The van der Waals surface area contributed by atoms with Crippen molar-refractivity contribution >= 4 is 21.6 Å². The average Bonchev–Trinajstić information content (AvgIpc) is 3.17. The molecule has 1 aromatic heterocycles. The van der Waals surface area contributed by atoms with Gasteiger partial charge in [0.25, 0.3) is 0 Å². The number of hydrogen-bond donors (Lipinski definition) is 1. The molecule has 5 rings (SSSR count). The number of thiazole rings is 1. The summed E-state index contributed by atoms with van der Waals surface area (Å²) in [4.78, 5) is 9.53. The maximum Gasteiger partial charge on any atom is 0.121 e. The second-order valence-corrected chi connectivity index (χ2v) is 10.0. The Balaban J connectivity index is 1.10. The van der Waals surface area contributed by atoms with Crippen LogP contribution in [0.2, 0.25) is 0 Å². The largest absolute Gasteiger partial charge is 0.491 e. The Labute approximate surface area is 188 Å². The molecule has 0 radical (unpaired) electrons. The number of piperazine rings is 1. The number of aliphatic hydroxyl groups excluding tert-OH is 1. The molecule has 5 nitrogen and oxygen atoms in total. The fraction of sp³-hybridized carbons (Fsp3) is 0.480. The van der Waals surface area contributed by atoms with Crippen LogP contribution >= 0.6 is 11.3 Å². The smallest absolute Gasteiger partial charge is 0.121 e. The van der Waals surface area contributed by atoms with Gasteiger partial charge in [0.2, 0.25) is 0 Å². The SMILES string of the molecule is Cc1nc2cc(OC[C@H](O)CN3CCN([C@@H]4CCCc5ccccc54)CC3)ccc2s1. The molecular formula is C25H31N3O2S. The summed E-state index contributed by atoms with van der Waals surface area (Å²) in [5, 5.41) is 11.6. The van der Waals surface area contributed by atoms with Crippen molar-refractivity contribution in [2.45, 2.75) is 38.3 Å². The Morgan fingerprint density at radius 1 is 1.16 bits per heavy atom. The molecule has 2 atom stereocenters. The van der Waals surface area contributed by atoms with Crippen molar-refractivity contribution < 1.29 is 9.84 Å². The zero-order chi connectivity index (χ0) is 21.2. The summed E-state index contributed by atoms with van der Waals surface area (Å²) in [6.45, 7) is 7.11. The van der Waals surface area contributed by atoms with Crippen LogP contribution in [0.15, 0.2) is 42.5 Å². The lowest BCUT2D eigenvalue weighted by molar-refractivity contribution is 0.0338. The molecule has 1 fully saturated rings. The van der Waals surface area contributed by atoms with E-state index in [0.717, 1.165) is 42.5 Å². The maximum atomic E-state index is 10.5. The molecule has 1 N–H and O–H groups in total. The second kappa shape index (κ2) is 9.25. The minimum Gasteiger partial charge on any atom is -0.491 e.